The zero-order valence-electron chi connectivity index (χ0n) is 10.6. The average molecular weight is 324 g/mol. The van der Waals surface area contributed by atoms with Crippen LogP contribution >= 0.6 is 15.9 Å². The van der Waals surface area contributed by atoms with E-state index in [9.17, 15) is 4.39 Å². The quantitative estimate of drug-likeness (QED) is 0.927. The van der Waals surface area contributed by atoms with Crippen molar-refractivity contribution in [3.63, 3.8) is 0 Å². The minimum Gasteiger partial charge on any atom is -0.494 e. The highest BCUT2D eigenvalue weighted by molar-refractivity contribution is 9.10. The van der Waals surface area contributed by atoms with Gasteiger partial charge in [-0.1, -0.05) is 46.3 Å². The third-order valence-corrected chi connectivity index (χ3v) is 3.73. The molecule has 0 spiro atoms. The van der Waals surface area contributed by atoms with E-state index in [-0.39, 0.29) is 17.6 Å². The first-order valence-electron chi connectivity index (χ1n) is 5.95. The Morgan fingerprint density at radius 2 is 1.95 bits per heavy atom. The van der Waals surface area contributed by atoms with Crippen molar-refractivity contribution in [2.45, 2.75) is 12.5 Å². The molecule has 1 atom stereocenters. The summed E-state index contributed by atoms with van der Waals surface area (Å²) in [4.78, 5) is 0. The lowest BCUT2D eigenvalue weighted by Crippen LogP contribution is -2.15. The van der Waals surface area contributed by atoms with Crippen LogP contribution in [0.1, 0.15) is 17.2 Å². The summed E-state index contributed by atoms with van der Waals surface area (Å²) >= 11 is 3.46. The second kappa shape index (κ2) is 6.17. The van der Waals surface area contributed by atoms with E-state index < -0.39 is 0 Å². The zero-order chi connectivity index (χ0) is 13.8. The molecule has 19 heavy (non-hydrogen) atoms. The molecule has 0 amide bonds. The first kappa shape index (κ1) is 14.0. The van der Waals surface area contributed by atoms with Gasteiger partial charge in [0.2, 0.25) is 0 Å². The molecule has 0 saturated heterocycles. The van der Waals surface area contributed by atoms with Gasteiger partial charge in [0, 0.05) is 10.5 Å². The number of halogens is 2. The van der Waals surface area contributed by atoms with Crippen LogP contribution in [0.4, 0.5) is 4.39 Å². The summed E-state index contributed by atoms with van der Waals surface area (Å²) in [5, 5.41) is 0. The third kappa shape index (κ3) is 3.14. The van der Waals surface area contributed by atoms with Crippen LogP contribution in [0.3, 0.4) is 0 Å². The summed E-state index contributed by atoms with van der Waals surface area (Å²) < 4.78 is 20.0. The number of methoxy groups -OCH3 is 1. The average Bonchev–Trinajstić information content (AvgIpc) is 2.41. The predicted molar refractivity (Wildman–Crippen MR) is 77.7 cm³/mol. The number of nitrogens with two attached hydrogens (primary N) is 1. The van der Waals surface area contributed by atoms with Crippen molar-refractivity contribution < 1.29 is 9.13 Å². The Morgan fingerprint density at radius 1 is 1.21 bits per heavy atom. The Bertz CT molecular complexity index is 574. The maximum atomic E-state index is 14.1. The zero-order valence-corrected chi connectivity index (χ0v) is 12.2. The number of ether oxygens (including phenoxy) is 1. The van der Waals surface area contributed by atoms with Gasteiger partial charge in [0.1, 0.15) is 0 Å². The van der Waals surface area contributed by atoms with Crippen molar-refractivity contribution in [1.29, 1.82) is 0 Å². The van der Waals surface area contributed by atoms with E-state index in [1.807, 2.05) is 24.3 Å². The van der Waals surface area contributed by atoms with Gasteiger partial charge in [0.05, 0.1) is 7.11 Å². The lowest BCUT2D eigenvalue weighted by molar-refractivity contribution is 0.383. The Hall–Kier alpha value is -1.39. The molecule has 100 valence electrons. The van der Waals surface area contributed by atoms with Gasteiger partial charge in [0.25, 0.3) is 0 Å². The normalized spacial score (nSPS) is 12.2. The standard InChI is InChI=1S/C15H15BrFNO/c1-19-14-8-4-5-10(15(14)17)9-13(18)11-6-2-3-7-12(11)16/h2-8,13H,9,18H2,1H3. The molecule has 0 radical (unpaired) electrons. The molecule has 2 nitrogen and oxygen atoms in total. The molecule has 0 heterocycles. The largest absolute Gasteiger partial charge is 0.494 e. The molecule has 0 saturated carbocycles. The Kier molecular flexibility index (Phi) is 4.56. The second-order valence-corrected chi connectivity index (χ2v) is 5.12. The van der Waals surface area contributed by atoms with E-state index >= 15 is 0 Å². The Morgan fingerprint density at radius 3 is 2.63 bits per heavy atom. The molecule has 0 aliphatic carbocycles. The molecule has 0 aliphatic heterocycles. The highest BCUT2D eigenvalue weighted by atomic mass is 79.9. The van der Waals surface area contributed by atoms with Crippen molar-refractivity contribution in [3.05, 3.63) is 63.9 Å². The van der Waals surface area contributed by atoms with Gasteiger partial charge in [-0.2, -0.15) is 0 Å². The molecular formula is C15H15BrFNO. The molecule has 0 aliphatic rings. The van der Waals surface area contributed by atoms with Crippen molar-refractivity contribution in [1.82, 2.24) is 0 Å². The summed E-state index contributed by atoms with van der Waals surface area (Å²) in [5.74, 6) is -0.0932. The molecule has 0 fully saturated rings. The SMILES string of the molecule is COc1cccc(CC(N)c2ccccc2Br)c1F. The lowest BCUT2D eigenvalue weighted by Gasteiger charge is -2.15. The third-order valence-electron chi connectivity index (χ3n) is 3.01. The van der Waals surface area contributed by atoms with Gasteiger partial charge < -0.3 is 10.5 Å². The predicted octanol–water partition coefficient (Wildman–Crippen LogP) is 3.84. The highest BCUT2D eigenvalue weighted by Gasteiger charge is 2.14. The highest BCUT2D eigenvalue weighted by Crippen LogP contribution is 2.27. The summed E-state index contributed by atoms with van der Waals surface area (Å²) in [5.41, 5.74) is 7.67. The van der Waals surface area contributed by atoms with Crippen molar-refractivity contribution in [3.8, 4) is 5.75 Å². The van der Waals surface area contributed by atoms with Crippen LogP contribution in [-0.4, -0.2) is 7.11 Å². The molecule has 1 unspecified atom stereocenters. The fourth-order valence-corrected chi connectivity index (χ4v) is 2.57. The van der Waals surface area contributed by atoms with Crippen LogP contribution in [-0.2, 0) is 6.42 Å². The molecule has 2 aromatic rings. The van der Waals surface area contributed by atoms with Crippen LogP contribution in [0.2, 0.25) is 0 Å². The van der Waals surface area contributed by atoms with Crippen LogP contribution in [0.25, 0.3) is 0 Å². The number of rotatable bonds is 4. The van der Waals surface area contributed by atoms with Gasteiger partial charge in [-0.05, 0) is 29.7 Å². The van der Waals surface area contributed by atoms with Gasteiger partial charge in [0.15, 0.2) is 11.6 Å². The molecule has 4 heteroatoms. The van der Waals surface area contributed by atoms with E-state index in [1.54, 1.807) is 18.2 Å². The first-order valence-corrected chi connectivity index (χ1v) is 6.74. The monoisotopic (exact) mass is 323 g/mol. The summed E-state index contributed by atoms with van der Waals surface area (Å²) in [6, 6.07) is 12.5. The topological polar surface area (TPSA) is 35.2 Å². The summed E-state index contributed by atoms with van der Waals surface area (Å²) in [7, 11) is 1.45. The number of hydrogen-bond donors (Lipinski definition) is 1. The molecule has 2 N–H and O–H groups in total. The molecule has 2 rings (SSSR count). The lowest BCUT2D eigenvalue weighted by atomic mass is 9.99. The molecular weight excluding hydrogens is 309 g/mol. The van der Waals surface area contributed by atoms with Crippen LogP contribution in [0.5, 0.6) is 5.75 Å². The van der Waals surface area contributed by atoms with Crippen molar-refractivity contribution in [2.24, 2.45) is 5.73 Å². The number of hydrogen-bond acceptors (Lipinski definition) is 2. The van der Waals surface area contributed by atoms with E-state index in [0.29, 0.717) is 12.0 Å². The maximum Gasteiger partial charge on any atom is 0.168 e. The maximum absolute atomic E-state index is 14.1. The van der Waals surface area contributed by atoms with Crippen molar-refractivity contribution >= 4 is 15.9 Å². The minimum atomic E-state index is -0.340. The number of benzene rings is 2. The summed E-state index contributed by atoms with van der Waals surface area (Å²) in [6.45, 7) is 0. The molecule has 0 bridgehead atoms. The van der Waals surface area contributed by atoms with E-state index in [0.717, 1.165) is 10.0 Å². The first-order chi connectivity index (χ1) is 9.13. The van der Waals surface area contributed by atoms with Crippen LogP contribution in [0.15, 0.2) is 46.9 Å². The van der Waals surface area contributed by atoms with Gasteiger partial charge in [-0.3, -0.25) is 0 Å². The van der Waals surface area contributed by atoms with E-state index in [1.165, 1.54) is 7.11 Å². The molecule has 2 aromatic carbocycles. The van der Waals surface area contributed by atoms with E-state index in [4.69, 9.17) is 10.5 Å². The Balaban J connectivity index is 2.24. The van der Waals surface area contributed by atoms with Crippen molar-refractivity contribution in [2.75, 3.05) is 7.11 Å². The van der Waals surface area contributed by atoms with E-state index in [2.05, 4.69) is 15.9 Å². The van der Waals surface area contributed by atoms with Gasteiger partial charge in [-0.15, -0.1) is 0 Å². The van der Waals surface area contributed by atoms with Crippen LogP contribution < -0.4 is 10.5 Å². The van der Waals surface area contributed by atoms with Gasteiger partial charge >= 0.3 is 0 Å². The smallest absolute Gasteiger partial charge is 0.168 e. The molecule has 0 aromatic heterocycles. The summed E-state index contributed by atoms with van der Waals surface area (Å²) in [6.07, 6.45) is 0.422. The van der Waals surface area contributed by atoms with Gasteiger partial charge in [-0.25, -0.2) is 4.39 Å². The fourth-order valence-electron chi connectivity index (χ4n) is 1.99. The fraction of sp³-hybridized carbons (Fsp3) is 0.200. The van der Waals surface area contributed by atoms with Crippen LogP contribution in [0, 0.1) is 5.82 Å². The second-order valence-electron chi connectivity index (χ2n) is 4.27. The Labute approximate surface area is 120 Å². The minimum absolute atomic E-state index is 0.247.